The van der Waals surface area contributed by atoms with Crippen molar-refractivity contribution in [3.05, 3.63) is 0 Å². The molecule has 1 N–H and O–H groups in total. The Kier molecular flexibility index (Phi) is 2.66. The summed E-state index contributed by atoms with van der Waals surface area (Å²) in [7, 11) is 2.24. The van der Waals surface area contributed by atoms with Gasteiger partial charge in [-0.25, -0.2) is 0 Å². The van der Waals surface area contributed by atoms with E-state index in [9.17, 15) is 0 Å². The van der Waals surface area contributed by atoms with Crippen LogP contribution >= 0.6 is 0 Å². The monoisotopic (exact) mass is 168 g/mol. The molecule has 0 unspecified atom stereocenters. The predicted molar refractivity (Wildman–Crippen MR) is 51.2 cm³/mol. The molecule has 2 rings (SSSR count). The highest BCUT2D eigenvalue weighted by Gasteiger charge is 2.27. The molecule has 2 fully saturated rings. The Hall–Kier alpha value is -0.0800. The molecule has 12 heavy (non-hydrogen) atoms. The first-order valence-corrected chi connectivity index (χ1v) is 5.25. The second kappa shape index (κ2) is 3.75. The van der Waals surface area contributed by atoms with Crippen LogP contribution < -0.4 is 5.32 Å². The van der Waals surface area contributed by atoms with Gasteiger partial charge in [0.1, 0.15) is 0 Å². The van der Waals surface area contributed by atoms with E-state index in [-0.39, 0.29) is 0 Å². The summed E-state index contributed by atoms with van der Waals surface area (Å²) < 4.78 is 0. The lowest BCUT2D eigenvalue weighted by Crippen LogP contribution is -2.33. The summed E-state index contributed by atoms with van der Waals surface area (Å²) in [6.07, 6.45) is 4.29. The first-order chi connectivity index (χ1) is 5.86. The van der Waals surface area contributed by atoms with Gasteiger partial charge in [-0.1, -0.05) is 0 Å². The third-order valence-corrected chi connectivity index (χ3v) is 3.53. The normalized spacial score (nSPS) is 34.2. The number of rotatable bonds is 1. The van der Waals surface area contributed by atoms with Crippen molar-refractivity contribution < 1.29 is 0 Å². The molecule has 2 aliphatic rings. The molecule has 2 aliphatic heterocycles. The smallest absolute Gasteiger partial charge is 0.00174 e. The molecule has 0 aromatic rings. The minimum Gasteiger partial charge on any atom is -0.316 e. The van der Waals surface area contributed by atoms with Crippen LogP contribution in [0.15, 0.2) is 0 Å². The van der Waals surface area contributed by atoms with Crippen molar-refractivity contribution in [1.82, 2.24) is 10.2 Å². The molecule has 0 aromatic carbocycles. The van der Waals surface area contributed by atoms with E-state index in [4.69, 9.17) is 0 Å². The van der Waals surface area contributed by atoms with Gasteiger partial charge in [0.2, 0.25) is 0 Å². The van der Waals surface area contributed by atoms with Crippen molar-refractivity contribution in [3.63, 3.8) is 0 Å². The highest BCUT2D eigenvalue weighted by Crippen LogP contribution is 2.28. The fourth-order valence-corrected chi connectivity index (χ4v) is 2.58. The highest BCUT2D eigenvalue weighted by molar-refractivity contribution is 4.81. The third kappa shape index (κ3) is 1.80. The topological polar surface area (TPSA) is 15.3 Å². The molecule has 0 amide bonds. The van der Waals surface area contributed by atoms with Crippen LogP contribution in [0.3, 0.4) is 0 Å². The van der Waals surface area contributed by atoms with Crippen LogP contribution in [0.1, 0.15) is 19.3 Å². The van der Waals surface area contributed by atoms with E-state index >= 15 is 0 Å². The first kappa shape index (κ1) is 8.52. The van der Waals surface area contributed by atoms with E-state index in [0.29, 0.717) is 0 Å². The second-order valence-electron chi connectivity index (χ2n) is 4.39. The zero-order valence-corrected chi connectivity index (χ0v) is 8.05. The summed E-state index contributed by atoms with van der Waals surface area (Å²) >= 11 is 0. The fraction of sp³-hybridized carbons (Fsp3) is 1.00. The van der Waals surface area contributed by atoms with E-state index in [2.05, 4.69) is 17.3 Å². The lowest BCUT2D eigenvalue weighted by molar-refractivity contribution is 0.178. The molecular weight excluding hydrogens is 148 g/mol. The fourth-order valence-electron chi connectivity index (χ4n) is 2.58. The average Bonchev–Trinajstić information content (AvgIpc) is 2.58. The number of hydrogen-bond acceptors (Lipinski definition) is 2. The van der Waals surface area contributed by atoms with E-state index in [1.807, 2.05) is 0 Å². The van der Waals surface area contributed by atoms with Crippen molar-refractivity contribution in [1.29, 1.82) is 0 Å². The van der Waals surface area contributed by atoms with E-state index in [0.717, 1.165) is 11.8 Å². The molecule has 0 bridgehead atoms. The Balaban J connectivity index is 1.80. The largest absolute Gasteiger partial charge is 0.316 e. The molecule has 2 saturated heterocycles. The molecule has 0 spiro atoms. The van der Waals surface area contributed by atoms with Gasteiger partial charge >= 0.3 is 0 Å². The average molecular weight is 168 g/mol. The van der Waals surface area contributed by atoms with Gasteiger partial charge in [0.25, 0.3) is 0 Å². The summed E-state index contributed by atoms with van der Waals surface area (Å²) in [5.41, 5.74) is 0. The first-order valence-electron chi connectivity index (χ1n) is 5.25. The molecule has 2 nitrogen and oxygen atoms in total. The van der Waals surface area contributed by atoms with E-state index in [1.165, 1.54) is 45.4 Å². The number of nitrogens with one attached hydrogen (secondary N) is 1. The molecule has 0 radical (unpaired) electrons. The summed E-state index contributed by atoms with van der Waals surface area (Å²) in [6.45, 7) is 5.19. The molecule has 1 atom stereocenters. The van der Waals surface area contributed by atoms with Gasteiger partial charge in [0.15, 0.2) is 0 Å². The number of likely N-dealkylation sites (tertiary alicyclic amines) is 1. The maximum Gasteiger partial charge on any atom is -0.00174 e. The van der Waals surface area contributed by atoms with E-state index < -0.39 is 0 Å². The van der Waals surface area contributed by atoms with Gasteiger partial charge in [-0.3, -0.25) is 0 Å². The Labute approximate surface area is 75.3 Å². The Morgan fingerprint density at radius 3 is 2.42 bits per heavy atom. The van der Waals surface area contributed by atoms with Crippen LogP contribution in [0, 0.1) is 11.8 Å². The second-order valence-corrected chi connectivity index (χ2v) is 4.39. The number of nitrogens with zero attached hydrogens (tertiary/aromatic N) is 1. The Morgan fingerprint density at radius 2 is 1.83 bits per heavy atom. The van der Waals surface area contributed by atoms with Gasteiger partial charge in [-0.15, -0.1) is 0 Å². The summed E-state index contributed by atoms with van der Waals surface area (Å²) in [5, 5.41) is 3.47. The summed E-state index contributed by atoms with van der Waals surface area (Å²) in [4.78, 5) is 2.46. The maximum absolute atomic E-state index is 3.47. The maximum atomic E-state index is 3.47. The molecule has 0 aromatic heterocycles. The van der Waals surface area contributed by atoms with Crippen LogP contribution in [0.4, 0.5) is 0 Å². The lowest BCUT2D eigenvalue weighted by atomic mass is 9.84. The van der Waals surface area contributed by atoms with Gasteiger partial charge in [-0.05, 0) is 64.3 Å². The van der Waals surface area contributed by atoms with Gasteiger partial charge < -0.3 is 10.2 Å². The van der Waals surface area contributed by atoms with Gasteiger partial charge in [0.05, 0.1) is 0 Å². The molecule has 0 aliphatic carbocycles. The van der Waals surface area contributed by atoms with Crippen LogP contribution in [0.5, 0.6) is 0 Å². The zero-order chi connectivity index (χ0) is 8.39. The molecule has 70 valence electrons. The van der Waals surface area contributed by atoms with Crippen LogP contribution in [-0.4, -0.2) is 38.1 Å². The predicted octanol–water partition coefficient (Wildman–Crippen LogP) is 0.938. The summed E-state index contributed by atoms with van der Waals surface area (Å²) in [6, 6.07) is 0. The Bertz CT molecular complexity index is 133. The molecular formula is C10H20N2. The number of hydrogen-bond donors (Lipinski definition) is 1. The minimum absolute atomic E-state index is 0.999. The molecule has 2 heterocycles. The standard InChI is InChI=1S/C10H20N2/c1-12-6-3-9(4-7-12)10-2-5-11-8-10/h9-11H,2-8H2,1H3/t10-/m1/s1. The van der Waals surface area contributed by atoms with Crippen LogP contribution in [-0.2, 0) is 0 Å². The number of piperidine rings is 1. The molecule has 2 heteroatoms. The van der Waals surface area contributed by atoms with Crippen molar-refractivity contribution in [3.8, 4) is 0 Å². The Morgan fingerprint density at radius 1 is 1.08 bits per heavy atom. The van der Waals surface area contributed by atoms with E-state index in [1.54, 1.807) is 0 Å². The lowest BCUT2D eigenvalue weighted by Gasteiger charge is -2.32. The minimum atomic E-state index is 0.999. The van der Waals surface area contributed by atoms with Crippen molar-refractivity contribution in [2.24, 2.45) is 11.8 Å². The van der Waals surface area contributed by atoms with Crippen molar-refractivity contribution in [2.75, 3.05) is 33.2 Å². The van der Waals surface area contributed by atoms with Crippen LogP contribution in [0.2, 0.25) is 0 Å². The van der Waals surface area contributed by atoms with Crippen molar-refractivity contribution in [2.45, 2.75) is 19.3 Å². The third-order valence-electron chi connectivity index (χ3n) is 3.53. The highest BCUT2D eigenvalue weighted by atomic mass is 15.1. The van der Waals surface area contributed by atoms with Gasteiger partial charge in [-0.2, -0.15) is 0 Å². The van der Waals surface area contributed by atoms with Crippen LogP contribution in [0.25, 0.3) is 0 Å². The zero-order valence-electron chi connectivity index (χ0n) is 8.05. The van der Waals surface area contributed by atoms with Gasteiger partial charge in [0, 0.05) is 0 Å². The molecule has 0 saturated carbocycles. The quantitative estimate of drug-likeness (QED) is 0.627. The summed E-state index contributed by atoms with van der Waals surface area (Å²) in [5.74, 6) is 2.02. The van der Waals surface area contributed by atoms with Crippen molar-refractivity contribution >= 4 is 0 Å². The SMILES string of the molecule is CN1CCC([C@@H]2CCNC2)CC1.